The van der Waals surface area contributed by atoms with Gasteiger partial charge in [0.25, 0.3) is 0 Å². The summed E-state index contributed by atoms with van der Waals surface area (Å²) in [6.45, 7) is 0.984. The van der Waals surface area contributed by atoms with Gasteiger partial charge in [0.2, 0.25) is 5.91 Å². The van der Waals surface area contributed by atoms with Crippen molar-refractivity contribution in [3.63, 3.8) is 0 Å². The van der Waals surface area contributed by atoms with Crippen molar-refractivity contribution in [3.05, 3.63) is 29.3 Å². The number of carbonyl (C=O) groups is 2. The van der Waals surface area contributed by atoms with Gasteiger partial charge in [-0.2, -0.15) is 0 Å². The van der Waals surface area contributed by atoms with Crippen molar-refractivity contribution in [1.82, 2.24) is 5.32 Å². The first-order valence-electron chi connectivity index (χ1n) is 6.65. The quantitative estimate of drug-likeness (QED) is 0.707. The highest BCUT2D eigenvalue weighted by Crippen LogP contribution is 2.30. The number of carboxylic acid groups (broad SMARTS) is 1. The topological polar surface area (TPSA) is 89.9 Å². The van der Waals surface area contributed by atoms with Gasteiger partial charge in [-0.25, -0.2) is 4.79 Å². The van der Waals surface area contributed by atoms with E-state index in [0.29, 0.717) is 25.2 Å². The SMILES string of the molecule is O=C(O)c1ccc2c(c1)N(C(=O)C1CC(O)CN1)CC2. The Hall–Kier alpha value is -1.92. The Morgan fingerprint density at radius 1 is 1.35 bits per heavy atom. The van der Waals surface area contributed by atoms with Crippen LogP contribution in [0, 0.1) is 0 Å². The molecule has 1 aromatic carbocycles. The van der Waals surface area contributed by atoms with Gasteiger partial charge >= 0.3 is 5.97 Å². The van der Waals surface area contributed by atoms with Crippen LogP contribution in [0.25, 0.3) is 0 Å². The summed E-state index contributed by atoms with van der Waals surface area (Å²) in [7, 11) is 0. The normalized spacial score (nSPS) is 24.8. The van der Waals surface area contributed by atoms with Crippen molar-refractivity contribution >= 4 is 17.6 Å². The average molecular weight is 276 g/mol. The predicted octanol–water partition coefficient (Wildman–Crippen LogP) is -0.00330. The lowest BCUT2D eigenvalue weighted by molar-refractivity contribution is -0.120. The number of fused-ring (bicyclic) bond motifs is 1. The third-order valence-electron chi connectivity index (χ3n) is 3.90. The van der Waals surface area contributed by atoms with Crippen LogP contribution in [0.5, 0.6) is 0 Å². The first-order chi connectivity index (χ1) is 9.56. The van der Waals surface area contributed by atoms with Crippen molar-refractivity contribution in [2.45, 2.75) is 25.0 Å². The maximum absolute atomic E-state index is 12.4. The molecule has 1 saturated heterocycles. The largest absolute Gasteiger partial charge is 0.478 e. The number of benzene rings is 1. The molecule has 2 heterocycles. The molecule has 20 heavy (non-hydrogen) atoms. The number of anilines is 1. The molecule has 3 N–H and O–H groups in total. The van der Waals surface area contributed by atoms with Crippen molar-refractivity contribution in [3.8, 4) is 0 Å². The van der Waals surface area contributed by atoms with Crippen LogP contribution in [0.15, 0.2) is 18.2 Å². The van der Waals surface area contributed by atoms with Crippen LogP contribution >= 0.6 is 0 Å². The smallest absolute Gasteiger partial charge is 0.335 e. The predicted molar refractivity (Wildman–Crippen MR) is 71.9 cm³/mol. The standard InChI is InChI=1S/C14H16N2O4/c17-10-6-11(15-7-10)13(18)16-4-3-8-1-2-9(14(19)20)5-12(8)16/h1-2,5,10-11,15,17H,3-4,6-7H2,(H,19,20). The minimum absolute atomic E-state index is 0.0946. The highest BCUT2D eigenvalue weighted by atomic mass is 16.4. The van der Waals surface area contributed by atoms with Crippen molar-refractivity contribution in [1.29, 1.82) is 0 Å². The molecule has 0 radical (unpaired) electrons. The van der Waals surface area contributed by atoms with Crippen LogP contribution in [0.3, 0.4) is 0 Å². The van der Waals surface area contributed by atoms with Gasteiger partial charge in [0.15, 0.2) is 0 Å². The van der Waals surface area contributed by atoms with E-state index < -0.39 is 12.1 Å². The van der Waals surface area contributed by atoms with E-state index in [1.807, 2.05) is 0 Å². The zero-order valence-electron chi connectivity index (χ0n) is 10.9. The van der Waals surface area contributed by atoms with E-state index in [0.717, 1.165) is 12.0 Å². The van der Waals surface area contributed by atoms with Crippen molar-refractivity contribution < 1.29 is 19.8 Å². The summed E-state index contributed by atoms with van der Waals surface area (Å²) < 4.78 is 0. The molecule has 0 spiro atoms. The Bertz CT molecular complexity index is 572. The van der Waals surface area contributed by atoms with Gasteiger partial charge in [-0.1, -0.05) is 6.07 Å². The lowest BCUT2D eigenvalue weighted by Crippen LogP contribution is -2.43. The first kappa shape index (κ1) is 13.1. The second kappa shape index (κ2) is 4.88. The molecule has 2 aliphatic rings. The van der Waals surface area contributed by atoms with Crippen LogP contribution < -0.4 is 10.2 Å². The Kier molecular flexibility index (Phi) is 3.19. The molecule has 1 fully saturated rings. The fourth-order valence-electron chi connectivity index (χ4n) is 2.83. The molecule has 106 valence electrons. The molecular formula is C14H16N2O4. The molecule has 2 aliphatic heterocycles. The number of carbonyl (C=O) groups excluding carboxylic acids is 1. The number of aromatic carboxylic acids is 1. The number of β-amino-alcohol motifs (C(OH)–C–C–N with tert-alkyl or cyclic N) is 1. The fraction of sp³-hybridized carbons (Fsp3) is 0.429. The fourth-order valence-corrected chi connectivity index (χ4v) is 2.83. The van der Waals surface area contributed by atoms with E-state index in [1.54, 1.807) is 23.1 Å². The second-order valence-electron chi connectivity index (χ2n) is 5.24. The van der Waals surface area contributed by atoms with E-state index in [9.17, 15) is 14.7 Å². The zero-order valence-corrected chi connectivity index (χ0v) is 10.9. The van der Waals surface area contributed by atoms with Gasteiger partial charge in [-0.05, 0) is 30.5 Å². The molecule has 6 nitrogen and oxygen atoms in total. The third-order valence-corrected chi connectivity index (χ3v) is 3.90. The zero-order chi connectivity index (χ0) is 14.3. The number of nitrogens with one attached hydrogen (secondary N) is 1. The van der Waals surface area contributed by atoms with Crippen molar-refractivity contribution in [2.75, 3.05) is 18.0 Å². The van der Waals surface area contributed by atoms with Crippen molar-refractivity contribution in [2.24, 2.45) is 0 Å². The van der Waals surface area contributed by atoms with Gasteiger partial charge in [0, 0.05) is 18.8 Å². The first-order valence-corrected chi connectivity index (χ1v) is 6.65. The maximum atomic E-state index is 12.4. The van der Waals surface area contributed by atoms with Gasteiger partial charge in [-0.3, -0.25) is 4.79 Å². The third kappa shape index (κ3) is 2.17. The summed E-state index contributed by atoms with van der Waals surface area (Å²) in [6, 6.07) is 4.49. The van der Waals surface area contributed by atoms with Crippen LogP contribution in [0.1, 0.15) is 22.3 Å². The summed E-state index contributed by atoms with van der Waals surface area (Å²) in [6.07, 6.45) is 0.649. The number of carboxylic acids is 1. The second-order valence-corrected chi connectivity index (χ2v) is 5.24. The average Bonchev–Trinajstić information content (AvgIpc) is 3.03. The number of aliphatic hydroxyl groups excluding tert-OH is 1. The van der Waals surface area contributed by atoms with Gasteiger partial charge < -0.3 is 20.4 Å². The van der Waals surface area contributed by atoms with E-state index in [1.165, 1.54) is 0 Å². The lowest BCUT2D eigenvalue weighted by atomic mass is 10.1. The van der Waals surface area contributed by atoms with Gasteiger partial charge in [0.1, 0.15) is 0 Å². The summed E-state index contributed by atoms with van der Waals surface area (Å²) in [4.78, 5) is 25.1. The number of hydrogen-bond acceptors (Lipinski definition) is 4. The Morgan fingerprint density at radius 3 is 2.80 bits per heavy atom. The minimum Gasteiger partial charge on any atom is -0.478 e. The molecule has 0 bridgehead atoms. The number of amides is 1. The molecule has 0 aliphatic carbocycles. The van der Waals surface area contributed by atoms with Crippen LogP contribution in [0.2, 0.25) is 0 Å². The molecule has 3 rings (SSSR count). The summed E-state index contributed by atoms with van der Waals surface area (Å²) in [5.41, 5.74) is 1.85. The number of hydrogen-bond donors (Lipinski definition) is 3. The molecule has 2 unspecified atom stereocenters. The van der Waals surface area contributed by atoms with E-state index in [4.69, 9.17) is 5.11 Å². The van der Waals surface area contributed by atoms with Crippen LogP contribution in [-0.4, -0.2) is 47.3 Å². The molecule has 2 atom stereocenters. The number of aliphatic hydroxyl groups is 1. The van der Waals surface area contributed by atoms with Gasteiger partial charge in [0.05, 0.1) is 17.7 Å². The van der Waals surface area contributed by atoms with Crippen LogP contribution in [-0.2, 0) is 11.2 Å². The number of nitrogens with zero attached hydrogens (tertiary/aromatic N) is 1. The lowest BCUT2D eigenvalue weighted by Gasteiger charge is -2.21. The monoisotopic (exact) mass is 276 g/mol. The molecule has 0 saturated carbocycles. The maximum Gasteiger partial charge on any atom is 0.335 e. The molecular weight excluding hydrogens is 260 g/mol. The van der Waals surface area contributed by atoms with E-state index >= 15 is 0 Å². The van der Waals surface area contributed by atoms with E-state index in [-0.39, 0.29) is 17.5 Å². The highest BCUT2D eigenvalue weighted by Gasteiger charge is 2.34. The Labute approximate surface area is 116 Å². The van der Waals surface area contributed by atoms with Crippen LogP contribution in [0.4, 0.5) is 5.69 Å². The molecule has 6 heteroatoms. The number of rotatable bonds is 2. The Balaban J connectivity index is 1.86. The van der Waals surface area contributed by atoms with E-state index in [2.05, 4.69) is 5.32 Å². The molecule has 1 aromatic rings. The minimum atomic E-state index is -0.999. The summed E-state index contributed by atoms with van der Waals surface area (Å²) in [5.74, 6) is -1.09. The van der Waals surface area contributed by atoms with Gasteiger partial charge in [-0.15, -0.1) is 0 Å². The molecule has 1 amide bonds. The Morgan fingerprint density at radius 2 is 2.15 bits per heavy atom. The summed E-state index contributed by atoms with van der Waals surface area (Å²) in [5, 5.41) is 21.5. The highest BCUT2D eigenvalue weighted by molar-refractivity contribution is 6.00. The summed E-state index contributed by atoms with van der Waals surface area (Å²) >= 11 is 0. The molecule has 0 aromatic heterocycles.